The first-order chi connectivity index (χ1) is 14.6. The van der Waals surface area contributed by atoms with E-state index in [1.165, 1.54) is 11.8 Å². The molecule has 1 aromatic heterocycles. The molecule has 1 unspecified atom stereocenters. The van der Waals surface area contributed by atoms with Crippen LogP contribution in [0.4, 0.5) is 5.69 Å². The van der Waals surface area contributed by atoms with Crippen molar-refractivity contribution in [1.29, 1.82) is 0 Å². The summed E-state index contributed by atoms with van der Waals surface area (Å²) in [6.07, 6.45) is 0. The van der Waals surface area contributed by atoms with Crippen LogP contribution in [0.25, 0.3) is 11.0 Å². The Morgan fingerprint density at radius 3 is 2.60 bits per heavy atom. The number of aromatic nitrogens is 2. The van der Waals surface area contributed by atoms with E-state index in [9.17, 15) is 4.79 Å². The Kier molecular flexibility index (Phi) is 6.05. The molecule has 152 valence electrons. The highest BCUT2D eigenvalue weighted by Gasteiger charge is 2.24. The van der Waals surface area contributed by atoms with E-state index in [-0.39, 0.29) is 5.91 Å². The van der Waals surface area contributed by atoms with E-state index in [1.807, 2.05) is 86.6 Å². The summed E-state index contributed by atoms with van der Waals surface area (Å²) in [4.78, 5) is 21.1. The van der Waals surface area contributed by atoms with Crippen molar-refractivity contribution in [2.24, 2.45) is 0 Å². The number of nitrogens with one attached hydrogen (secondary N) is 2. The smallest absolute Gasteiger partial charge is 0.242 e. The van der Waals surface area contributed by atoms with E-state index < -0.39 is 5.25 Å². The van der Waals surface area contributed by atoms with Crippen molar-refractivity contribution in [3.05, 3.63) is 83.9 Å². The normalized spacial score (nSPS) is 11.9. The van der Waals surface area contributed by atoms with Gasteiger partial charge in [-0.25, -0.2) is 4.98 Å². The van der Waals surface area contributed by atoms with Crippen molar-refractivity contribution in [3.63, 3.8) is 0 Å². The Morgan fingerprint density at radius 1 is 1.10 bits per heavy atom. The Labute approximate surface area is 179 Å². The van der Waals surface area contributed by atoms with E-state index in [0.717, 1.165) is 33.6 Å². The molecule has 30 heavy (non-hydrogen) atoms. The number of rotatable bonds is 7. The highest BCUT2D eigenvalue weighted by atomic mass is 32.2. The van der Waals surface area contributed by atoms with Gasteiger partial charge in [0.1, 0.15) is 11.0 Å². The number of thioether (sulfide) groups is 1. The summed E-state index contributed by atoms with van der Waals surface area (Å²) < 4.78 is 5.57. The summed E-state index contributed by atoms with van der Waals surface area (Å²) in [5.41, 5.74) is 4.57. The number of H-pyrrole nitrogens is 1. The fourth-order valence-corrected chi connectivity index (χ4v) is 4.14. The molecule has 4 rings (SSSR count). The average molecular weight is 418 g/mol. The Morgan fingerprint density at radius 2 is 1.87 bits per heavy atom. The summed E-state index contributed by atoms with van der Waals surface area (Å²) in [7, 11) is 0. The molecule has 1 atom stereocenters. The van der Waals surface area contributed by atoms with E-state index in [4.69, 9.17) is 4.74 Å². The number of carbonyl (C=O) groups is 1. The number of imidazole rings is 1. The second-order valence-corrected chi connectivity index (χ2v) is 8.01. The van der Waals surface area contributed by atoms with E-state index in [0.29, 0.717) is 11.8 Å². The van der Waals surface area contributed by atoms with Gasteiger partial charge in [-0.3, -0.25) is 4.79 Å². The zero-order valence-electron chi connectivity index (χ0n) is 16.9. The number of fused-ring (bicyclic) bond motifs is 1. The molecular weight excluding hydrogens is 394 g/mol. The molecule has 3 aromatic carbocycles. The number of benzene rings is 3. The van der Waals surface area contributed by atoms with Crippen LogP contribution in [0.5, 0.6) is 5.75 Å². The highest BCUT2D eigenvalue weighted by Crippen LogP contribution is 2.36. The van der Waals surface area contributed by atoms with Gasteiger partial charge in [-0.05, 0) is 43.7 Å². The topological polar surface area (TPSA) is 67.0 Å². The van der Waals surface area contributed by atoms with Crippen LogP contribution in [0.3, 0.4) is 0 Å². The molecule has 5 nitrogen and oxygen atoms in total. The van der Waals surface area contributed by atoms with Crippen LogP contribution in [0.15, 0.2) is 78.0 Å². The lowest BCUT2D eigenvalue weighted by atomic mass is 10.1. The molecule has 6 heteroatoms. The predicted molar refractivity (Wildman–Crippen MR) is 122 cm³/mol. The van der Waals surface area contributed by atoms with Crippen molar-refractivity contribution in [2.45, 2.75) is 24.3 Å². The number of ether oxygens (including phenoxy) is 1. The van der Waals surface area contributed by atoms with Crippen LogP contribution in [0.2, 0.25) is 0 Å². The number of anilines is 1. The first-order valence-corrected chi connectivity index (χ1v) is 10.7. The number of carbonyl (C=O) groups excluding carboxylic acids is 1. The Bertz CT molecular complexity index is 1140. The van der Waals surface area contributed by atoms with Gasteiger partial charge < -0.3 is 15.0 Å². The molecule has 0 aliphatic heterocycles. The molecule has 0 bridgehead atoms. The molecular formula is C24H23N3O2S. The Balaban J connectivity index is 1.60. The third kappa shape index (κ3) is 4.66. The first-order valence-electron chi connectivity index (χ1n) is 9.84. The molecule has 0 aliphatic rings. The van der Waals surface area contributed by atoms with Gasteiger partial charge >= 0.3 is 0 Å². The molecule has 0 aliphatic carbocycles. The monoisotopic (exact) mass is 417 g/mol. The van der Waals surface area contributed by atoms with Crippen LogP contribution in [-0.4, -0.2) is 22.5 Å². The number of aromatic amines is 1. The lowest BCUT2D eigenvalue weighted by molar-refractivity contribution is -0.115. The fraction of sp³-hybridized carbons (Fsp3) is 0.167. The van der Waals surface area contributed by atoms with E-state index in [2.05, 4.69) is 15.3 Å². The second-order valence-electron chi connectivity index (χ2n) is 6.92. The molecule has 1 amide bonds. The standard InChI is InChI=1S/C24H23N3O2S/c1-3-29-19-13-14-20-21(15-19)27-24(26-20)30-22(17-7-5-4-6-8-17)23(28)25-18-11-9-16(2)10-12-18/h4-15,22H,3H2,1-2H3,(H,25,28)(H,26,27). The molecule has 4 aromatic rings. The predicted octanol–water partition coefficient (Wildman–Crippen LogP) is 5.74. The summed E-state index contributed by atoms with van der Waals surface area (Å²) >= 11 is 1.40. The minimum atomic E-state index is -0.445. The van der Waals surface area contributed by atoms with Crippen LogP contribution >= 0.6 is 11.8 Å². The summed E-state index contributed by atoms with van der Waals surface area (Å²) in [6.45, 7) is 4.58. The van der Waals surface area contributed by atoms with Crippen molar-refractivity contribution < 1.29 is 9.53 Å². The lowest BCUT2D eigenvalue weighted by Crippen LogP contribution is -2.19. The van der Waals surface area contributed by atoms with Gasteiger partial charge in [0.25, 0.3) is 0 Å². The molecule has 1 heterocycles. The molecule has 0 saturated heterocycles. The van der Waals surface area contributed by atoms with Crippen molar-refractivity contribution >= 4 is 34.4 Å². The van der Waals surface area contributed by atoms with Gasteiger partial charge in [0.15, 0.2) is 5.16 Å². The van der Waals surface area contributed by atoms with Crippen molar-refractivity contribution in [2.75, 3.05) is 11.9 Å². The van der Waals surface area contributed by atoms with Crippen molar-refractivity contribution in [3.8, 4) is 5.75 Å². The van der Waals surface area contributed by atoms with Crippen molar-refractivity contribution in [1.82, 2.24) is 9.97 Å². The maximum Gasteiger partial charge on any atom is 0.242 e. The lowest BCUT2D eigenvalue weighted by Gasteiger charge is -2.16. The van der Waals surface area contributed by atoms with Gasteiger partial charge in [0.2, 0.25) is 5.91 Å². The Hall–Kier alpha value is -3.25. The molecule has 0 spiro atoms. The molecule has 0 saturated carbocycles. The first kappa shape index (κ1) is 20.0. The van der Waals surface area contributed by atoms with Gasteiger partial charge in [0, 0.05) is 11.8 Å². The van der Waals surface area contributed by atoms with E-state index >= 15 is 0 Å². The largest absolute Gasteiger partial charge is 0.494 e. The second kappa shape index (κ2) is 9.05. The highest BCUT2D eigenvalue weighted by molar-refractivity contribution is 8.00. The third-order valence-corrected chi connectivity index (χ3v) is 5.77. The number of aryl methyl sites for hydroxylation is 1. The van der Waals surface area contributed by atoms with Crippen LogP contribution in [0.1, 0.15) is 23.3 Å². The molecule has 2 N–H and O–H groups in total. The summed E-state index contributed by atoms with van der Waals surface area (Å²) in [6, 6.07) is 23.3. The summed E-state index contributed by atoms with van der Waals surface area (Å²) in [5, 5.41) is 3.27. The number of amides is 1. The van der Waals surface area contributed by atoms with Crippen LogP contribution < -0.4 is 10.1 Å². The fourth-order valence-electron chi connectivity index (χ4n) is 3.13. The minimum absolute atomic E-state index is 0.0921. The zero-order chi connectivity index (χ0) is 20.9. The molecule has 0 radical (unpaired) electrons. The quantitative estimate of drug-likeness (QED) is 0.376. The van der Waals surface area contributed by atoms with E-state index in [1.54, 1.807) is 0 Å². The maximum atomic E-state index is 13.2. The third-order valence-electron chi connectivity index (χ3n) is 4.63. The molecule has 0 fully saturated rings. The van der Waals surface area contributed by atoms with Gasteiger partial charge in [-0.2, -0.15) is 0 Å². The summed E-state index contributed by atoms with van der Waals surface area (Å²) in [5.74, 6) is 0.701. The number of hydrogen-bond acceptors (Lipinski definition) is 4. The average Bonchev–Trinajstić information content (AvgIpc) is 3.16. The van der Waals surface area contributed by atoms with Gasteiger partial charge in [-0.1, -0.05) is 59.8 Å². The maximum absolute atomic E-state index is 13.2. The zero-order valence-corrected chi connectivity index (χ0v) is 17.7. The van der Waals surface area contributed by atoms with Gasteiger partial charge in [-0.15, -0.1) is 0 Å². The minimum Gasteiger partial charge on any atom is -0.494 e. The SMILES string of the molecule is CCOc1ccc2nc(SC(C(=O)Nc3ccc(C)cc3)c3ccccc3)[nH]c2c1. The number of hydrogen-bond donors (Lipinski definition) is 2. The van der Waals surface area contributed by atoms with Crippen LogP contribution in [0, 0.1) is 6.92 Å². The van der Waals surface area contributed by atoms with Crippen LogP contribution in [-0.2, 0) is 4.79 Å². The van der Waals surface area contributed by atoms with Gasteiger partial charge in [0.05, 0.1) is 17.6 Å². The number of nitrogens with zero attached hydrogens (tertiary/aromatic N) is 1.